The maximum atomic E-state index is 11.1. The number of rotatable bonds is 6. The lowest BCUT2D eigenvalue weighted by atomic mass is 9.98. The molecule has 0 aromatic heterocycles. The van der Waals surface area contributed by atoms with Gasteiger partial charge in [0.1, 0.15) is 0 Å². The number of nitrogens with zero attached hydrogens (tertiary/aromatic N) is 1. The van der Waals surface area contributed by atoms with Crippen molar-refractivity contribution in [2.24, 2.45) is 11.8 Å². The summed E-state index contributed by atoms with van der Waals surface area (Å²) in [6.07, 6.45) is 0.802. The van der Waals surface area contributed by atoms with E-state index in [0.717, 1.165) is 13.1 Å². The van der Waals surface area contributed by atoms with Gasteiger partial charge in [0.15, 0.2) is 0 Å². The van der Waals surface area contributed by atoms with E-state index in [-0.39, 0.29) is 23.8 Å². The van der Waals surface area contributed by atoms with E-state index in [0.29, 0.717) is 26.1 Å². The molecule has 0 amide bonds. The summed E-state index contributed by atoms with van der Waals surface area (Å²) in [6, 6.07) is 0. The lowest BCUT2D eigenvalue weighted by Crippen LogP contribution is -2.25. The molecule has 5 nitrogen and oxygen atoms in total. The minimum Gasteiger partial charge on any atom is -0.465 e. The molecule has 1 aliphatic heterocycles. The summed E-state index contributed by atoms with van der Waals surface area (Å²) >= 11 is 0. The number of hydrogen-bond acceptors (Lipinski definition) is 5. The molecule has 1 heterocycles. The van der Waals surface area contributed by atoms with E-state index in [1.165, 1.54) is 0 Å². The number of likely N-dealkylation sites (tertiary alicyclic amines) is 1. The van der Waals surface area contributed by atoms with Gasteiger partial charge < -0.3 is 14.4 Å². The average molecular weight is 257 g/mol. The van der Waals surface area contributed by atoms with Gasteiger partial charge in [-0.2, -0.15) is 0 Å². The minimum atomic E-state index is -0.172. The van der Waals surface area contributed by atoms with E-state index in [1.54, 1.807) is 13.8 Å². The van der Waals surface area contributed by atoms with Crippen LogP contribution < -0.4 is 0 Å². The van der Waals surface area contributed by atoms with Crippen LogP contribution in [0.25, 0.3) is 0 Å². The molecule has 0 aromatic carbocycles. The van der Waals surface area contributed by atoms with Gasteiger partial charge in [-0.05, 0) is 7.05 Å². The van der Waals surface area contributed by atoms with Crippen LogP contribution >= 0.6 is 0 Å². The SMILES string of the molecule is CCC(=O)OCC1CN(C)CC1COC(=O)CC. The largest absolute Gasteiger partial charge is 0.465 e. The molecular formula is C13H23NO4. The molecule has 0 radical (unpaired) electrons. The number of esters is 2. The van der Waals surface area contributed by atoms with Gasteiger partial charge in [-0.15, -0.1) is 0 Å². The fourth-order valence-corrected chi connectivity index (χ4v) is 2.16. The molecule has 0 saturated carbocycles. The molecule has 0 N–H and O–H groups in total. The zero-order valence-corrected chi connectivity index (χ0v) is 11.5. The molecule has 1 aliphatic rings. The summed E-state index contributed by atoms with van der Waals surface area (Å²) in [7, 11) is 2.02. The topological polar surface area (TPSA) is 55.8 Å². The average Bonchev–Trinajstić information content (AvgIpc) is 2.73. The van der Waals surface area contributed by atoms with E-state index in [9.17, 15) is 9.59 Å². The van der Waals surface area contributed by atoms with Crippen molar-refractivity contribution in [1.29, 1.82) is 0 Å². The first-order valence-electron chi connectivity index (χ1n) is 6.56. The van der Waals surface area contributed by atoms with Crippen LogP contribution in [0.3, 0.4) is 0 Å². The fourth-order valence-electron chi connectivity index (χ4n) is 2.16. The monoisotopic (exact) mass is 257 g/mol. The van der Waals surface area contributed by atoms with E-state index in [2.05, 4.69) is 4.90 Å². The van der Waals surface area contributed by atoms with E-state index >= 15 is 0 Å². The Kier molecular flexibility index (Phi) is 6.12. The molecule has 0 aromatic rings. The molecule has 18 heavy (non-hydrogen) atoms. The van der Waals surface area contributed by atoms with Crippen LogP contribution in [0.5, 0.6) is 0 Å². The van der Waals surface area contributed by atoms with Crippen LogP contribution in [0, 0.1) is 11.8 Å². The van der Waals surface area contributed by atoms with Gasteiger partial charge in [-0.3, -0.25) is 9.59 Å². The van der Waals surface area contributed by atoms with Crippen molar-refractivity contribution in [2.75, 3.05) is 33.4 Å². The quantitative estimate of drug-likeness (QED) is 0.666. The normalized spacial score (nSPS) is 23.9. The van der Waals surface area contributed by atoms with Crippen molar-refractivity contribution < 1.29 is 19.1 Å². The van der Waals surface area contributed by atoms with Crippen LogP contribution in [0.15, 0.2) is 0 Å². The Morgan fingerprint density at radius 1 is 1.00 bits per heavy atom. The van der Waals surface area contributed by atoms with Gasteiger partial charge in [0.2, 0.25) is 0 Å². The van der Waals surface area contributed by atoms with Gasteiger partial charge in [-0.1, -0.05) is 13.8 Å². The van der Waals surface area contributed by atoms with Crippen molar-refractivity contribution in [3.05, 3.63) is 0 Å². The highest BCUT2D eigenvalue weighted by molar-refractivity contribution is 5.69. The molecule has 104 valence electrons. The molecular weight excluding hydrogens is 234 g/mol. The third-order valence-corrected chi connectivity index (χ3v) is 3.25. The Morgan fingerprint density at radius 2 is 1.39 bits per heavy atom. The lowest BCUT2D eigenvalue weighted by molar-refractivity contribution is -0.148. The van der Waals surface area contributed by atoms with Crippen molar-refractivity contribution in [2.45, 2.75) is 26.7 Å². The number of carbonyl (C=O) groups is 2. The van der Waals surface area contributed by atoms with Crippen molar-refractivity contribution in [3.8, 4) is 0 Å². The van der Waals surface area contributed by atoms with Crippen LogP contribution in [0.4, 0.5) is 0 Å². The van der Waals surface area contributed by atoms with Gasteiger partial charge in [0.25, 0.3) is 0 Å². The Bertz CT molecular complexity index is 265. The summed E-state index contributed by atoms with van der Waals surface area (Å²) in [6.45, 7) is 6.17. The maximum Gasteiger partial charge on any atom is 0.305 e. The highest BCUT2D eigenvalue weighted by Gasteiger charge is 2.32. The Morgan fingerprint density at radius 3 is 1.72 bits per heavy atom. The number of carbonyl (C=O) groups excluding carboxylic acids is 2. The summed E-state index contributed by atoms with van der Waals surface area (Å²) in [5, 5.41) is 0. The Labute approximate surface area is 108 Å². The van der Waals surface area contributed by atoms with E-state index in [4.69, 9.17) is 9.47 Å². The highest BCUT2D eigenvalue weighted by Crippen LogP contribution is 2.23. The smallest absolute Gasteiger partial charge is 0.305 e. The molecule has 1 rings (SSSR count). The second kappa shape index (κ2) is 7.36. The molecule has 2 atom stereocenters. The first kappa shape index (κ1) is 15.0. The van der Waals surface area contributed by atoms with Gasteiger partial charge >= 0.3 is 11.9 Å². The predicted molar refractivity (Wildman–Crippen MR) is 67.0 cm³/mol. The predicted octanol–water partition coefficient (Wildman–Crippen LogP) is 1.07. The van der Waals surface area contributed by atoms with Crippen LogP contribution in [-0.2, 0) is 19.1 Å². The lowest BCUT2D eigenvalue weighted by Gasteiger charge is -2.18. The van der Waals surface area contributed by atoms with Crippen LogP contribution in [0.1, 0.15) is 26.7 Å². The number of ether oxygens (including phenoxy) is 2. The molecule has 2 unspecified atom stereocenters. The minimum absolute atomic E-state index is 0.172. The summed E-state index contributed by atoms with van der Waals surface area (Å²) in [5.74, 6) is 0.174. The Hall–Kier alpha value is -1.10. The van der Waals surface area contributed by atoms with Gasteiger partial charge in [0.05, 0.1) is 13.2 Å². The molecule has 0 aliphatic carbocycles. The third-order valence-electron chi connectivity index (χ3n) is 3.25. The highest BCUT2D eigenvalue weighted by atomic mass is 16.5. The zero-order chi connectivity index (χ0) is 13.5. The van der Waals surface area contributed by atoms with Crippen LogP contribution in [-0.4, -0.2) is 50.2 Å². The van der Waals surface area contributed by atoms with E-state index in [1.807, 2.05) is 7.05 Å². The first-order chi connectivity index (χ1) is 8.56. The molecule has 1 saturated heterocycles. The second-order valence-electron chi connectivity index (χ2n) is 4.81. The van der Waals surface area contributed by atoms with Crippen molar-refractivity contribution >= 4 is 11.9 Å². The van der Waals surface area contributed by atoms with Crippen molar-refractivity contribution in [1.82, 2.24) is 4.90 Å². The Balaban J connectivity index is 2.38. The first-order valence-corrected chi connectivity index (χ1v) is 6.56. The zero-order valence-electron chi connectivity index (χ0n) is 11.5. The standard InChI is InChI=1S/C13H23NO4/c1-4-12(15)17-8-10-6-14(3)7-11(10)9-18-13(16)5-2/h10-11H,4-9H2,1-3H3. The van der Waals surface area contributed by atoms with Crippen molar-refractivity contribution in [3.63, 3.8) is 0 Å². The number of hydrogen-bond donors (Lipinski definition) is 0. The van der Waals surface area contributed by atoms with E-state index < -0.39 is 0 Å². The molecule has 0 spiro atoms. The maximum absolute atomic E-state index is 11.1. The van der Waals surface area contributed by atoms with Crippen LogP contribution in [0.2, 0.25) is 0 Å². The summed E-state index contributed by atoms with van der Waals surface area (Å²) in [5.41, 5.74) is 0. The second-order valence-corrected chi connectivity index (χ2v) is 4.81. The van der Waals surface area contributed by atoms with Gasteiger partial charge in [-0.25, -0.2) is 0 Å². The molecule has 1 fully saturated rings. The fraction of sp³-hybridized carbons (Fsp3) is 0.846. The summed E-state index contributed by atoms with van der Waals surface area (Å²) in [4.78, 5) is 24.5. The molecule has 5 heteroatoms. The summed E-state index contributed by atoms with van der Waals surface area (Å²) < 4.78 is 10.4. The molecule has 0 bridgehead atoms. The third kappa shape index (κ3) is 4.64. The van der Waals surface area contributed by atoms with Gasteiger partial charge in [0, 0.05) is 37.8 Å².